The van der Waals surface area contributed by atoms with Gasteiger partial charge >= 0.3 is 0 Å². The van der Waals surface area contributed by atoms with Gasteiger partial charge in [-0.2, -0.15) is 4.31 Å². The quantitative estimate of drug-likeness (QED) is 0.536. The number of hydrogen-bond donors (Lipinski definition) is 1. The third-order valence-electron chi connectivity index (χ3n) is 6.06. The molecule has 3 aromatic carbocycles. The van der Waals surface area contributed by atoms with Gasteiger partial charge in [0.2, 0.25) is 15.9 Å². The highest BCUT2D eigenvalue weighted by atomic mass is 32.2. The van der Waals surface area contributed by atoms with Gasteiger partial charge in [-0.15, -0.1) is 0 Å². The summed E-state index contributed by atoms with van der Waals surface area (Å²) in [7, 11) is -3.46. The Morgan fingerprint density at radius 2 is 1.39 bits per heavy atom. The molecular formula is C27H30N2O3S. The van der Waals surface area contributed by atoms with Crippen molar-refractivity contribution in [2.45, 2.75) is 43.0 Å². The highest BCUT2D eigenvalue weighted by molar-refractivity contribution is 7.89. The molecule has 1 fully saturated rings. The van der Waals surface area contributed by atoms with E-state index in [1.807, 2.05) is 48.5 Å². The summed E-state index contributed by atoms with van der Waals surface area (Å²) in [6.07, 6.45) is 3.78. The van der Waals surface area contributed by atoms with Gasteiger partial charge in [0, 0.05) is 13.1 Å². The summed E-state index contributed by atoms with van der Waals surface area (Å²) in [6.45, 7) is 1.16. The highest BCUT2D eigenvalue weighted by Gasteiger charge is 2.25. The van der Waals surface area contributed by atoms with Crippen LogP contribution in [0, 0.1) is 0 Å². The van der Waals surface area contributed by atoms with Crippen molar-refractivity contribution in [2.24, 2.45) is 0 Å². The van der Waals surface area contributed by atoms with Crippen LogP contribution in [0.4, 0.5) is 0 Å². The first-order valence-electron chi connectivity index (χ1n) is 11.5. The molecule has 1 atom stereocenters. The standard InChI is InChI=1S/C27H30N2O3S/c30-27(28-26(24-12-6-2-7-13-24)20-22-10-4-1-5-11-22)21-23-14-16-25(17-15-23)33(31,32)29-18-8-3-9-19-29/h1-2,4-7,10-17,26H,3,8-9,18-21H2,(H,28,30). The molecule has 3 aromatic rings. The van der Waals surface area contributed by atoms with Gasteiger partial charge in [-0.05, 0) is 48.1 Å². The van der Waals surface area contributed by atoms with Crippen molar-refractivity contribution >= 4 is 15.9 Å². The summed E-state index contributed by atoms with van der Waals surface area (Å²) in [6, 6.07) is 26.6. The minimum Gasteiger partial charge on any atom is -0.349 e. The summed E-state index contributed by atoms with van der Waals surface area (Å²) in [5.74, 6) is -0.0913. The van der Waals surface area contributed by atoms with E-state index in [9.17, 15) is 13.2 Å². The van der Waals surface area contributed by atoms with Gasteiger partial charge in [-0.25, -0.2) is 8.42 Å². The maximum absolute atomic E-state index is 12.9. The molecule has 1 heterocycles. The van der Waals surface area contributed by atoms with Crippen LogP contribution in [0.2, 0.25) is 0 Å². The summed E-state index contributed by atoms with van der Waals surface area (Å²) in [5, 5.41) is 3.16. The van der Waals surface area contributed by atoms with E-state index in [2.05, 4.69) is 17.4 Å². The number of nitrogens with one attached hydrogen (secondary N) is 1. The molecule has 0 aliphatic carbocycles. The molecule has 33 heavy (non-hydrogen) atoms. The first kappa shape index (κ1) is 23.2. The number of amides is 1. The lowest BCUT2D eigenvalue weighted by Crippen LogP contribution is -2.35. The number of nitrogens with zero attached hydrogens (tertiary/aromatic N) is 1. The maximum atomic E-state index is 12.9. The first-order chi connectivity index (χ1) is 16.0. The van der Waals surface area contributed by atoms with Crippen LogP contribution >= 0.6 is 0 Å². The van der Waals surface area contributed by atoms with Gasteiger partial charge in [-0.3, -0.25) is 4.79 Å². The molecule has 172 valence electrons. The Labute approximate surface area is 196 Å². The van der Waals surface area contributed by atoms with Gasteiger partial charge in [0.15, 0.2) is 0 Å². The molecule has 0 saturated carbocycles. The van der Waals surface area contributed by atoms with E-state index < -0.39 is 10.0 Å². The molecular weight excluding hydrogens is 432 g/mol. The predicted octanol–water partition coefficient (Wildman–Crippen LogP) is 4.50. The molecule has 0 aromatic heterocycles. The lowest BCUT2D eigenvalue weighted by molar-refractivity contribution is -0.121. The first-order valence-corrected chi connectivity index (χ1v) is 12.9. The Balaban J connectivity index is 1.43. The zero-order valence-electron chi connectivity index (χ0n) is 18.7. The number of sulfonamides is 1. The predicted molar refractivity (Wildman–Crippen MR) is 130 cm³/mol. The lowest BCUT2D eigenvalue weighted by Gasteiger charge is -2.25. The smallest absolute Gasteiger partial charge is 0.243 e. The summed E-state index contributed by atoms with van der Waals surface area (Å²) in [5.41, 5.74) is 2.99. The van der Waals surface area contributed by atoms with Crippen molar-refractivity contribution in [1.29, 1.82) is 0 Å². The second-order valence-electron chi connectivity index (χ2n) is 8.51. The Morgan fingerprint density at radius 3 is 2.03 bits per heavy atom. The molecule has 1 aliphatic heterocycles. The zero-order valence-corrected chi connectivity index (χ0v) is 19.5. The molecule has 5 nitrogen and oxygen atoms in total. The summed E-state index contributed by atoms with van der Waals surface area (Å²) >= 11 is 0. The van der Waals surface area contributed by atoms with E-state index in [1.165, 1.54) is 0 Å². The van der Waals surface area contributed by atoms with Crippen LogP contribution in [0.1, 0.15) is 42.0 Å². The fourth-order valence-electron chi connectivity index (χ4n) is 4.25. The monoisotopic (exact) mass is 462 g/mol. The number of carbonyl (C=O) groups is 1. The molecule has 0 bridgehead atoms. The second kappa shape index (κ2) is 10.8. The number of hydrogen-bond acceptors (Lipinski definition) is 3. The van der Waals surface area contributed by atoms with E-state index in [0.29, 0.717) is 24.4 Å². The number of piperidine rings is 1. The van der Waals surface area contributed by atoms with Crippen molar-refractivity contribution in [2.75, 3.05) is 13.1 Å². The van der Waals surface area contributed by atoms with Gasteiger partial charge in [-0.1, -0.05) is 79.2 Å². The van der Waals surface area contributed by atoms with Gasteiger partial charge in [0.05, 0.1) is 17.4 Å². The molecule has 6 heteroatoms. The Kier molecular flexibility index (Phi) is 7.57. The lowest BCUT2D eigenvalue weighted by atomic mass is 9.98. The van der Waals surface area contributed by atoms with Crippen LogP contribution in [0.25, 0.3) is 0 Å². The van der Waals surface area contributed by atoms with Crippen LogP contribution in [0.3, 0.4) is 0 Å². The minimum atomic E-state index is -3.46. The molecule has 1 saturated heterocycles. The van der Waals surface area contributed by atoms with Crippen LogP contribution in [-0.2, 0) is 27.7 Å². The van der Waals surface area contributed by atoms with Gasteiger partial charge in [0.1, 0.15) is 0 Å². The van der Waals surface area contributed by atoms with Gasteiger partial charge in [0.25, 0.3) is 0 Å². The Bertz CT molecular complexity index is 1140. The molecule has 1 aliphatic rings. The van der Waals surface area contributed by atoms with E-state index in [1.54, 1.807) is 28.6 Å². The van der Waals surface area contributed by atoms with E-state index in [-0.39, 0.29) is 18.4 Å². The fraction of sp³-hybridized carbons (Fsp3) is 0.296. The van der Waals surface area contributed by atoms with Crippen molar-refractivity contribution < 1.29 is 13.2 Å². The van der Waals surface area contributed by atoms with Gasteiger partial charge < -0.3 is 5.32 Å². The maximum Gasteiger partial charge on any atom is 0.243 e. The Hall–Kier alpha value is -2.96. The zero-order chi connectivity index (χ0) is 23.1. The third kappa shape index (κ3) is 6.09. The molecule has 4 rings (SSSR count). The molecule has 0 radical (unpaired) electrons. The third-order valence-corrected chi connectivity index (χ3v) is 7.97. The topological polar surface area (TPSA) is 66.5 Å². The van der Waals surface area contributed by atoms with Crippen molar-refractivity contribution in [3.8, 4) is 0 Å². The largest absolute Gasteiger partial charge is 0.349 e. The van der Waals surface area contributed by atoms with Crippen LogP contribution in [0.5, 0.6) is 0 Å². The van der Waals surface area contributed by atoms with E-state index in [0.717, 1.165) is 36.0 Å². The SMILES string of the molecule is O=C(Cc1ccc(S(=O)(=O)N2CCCCC2)cc1)NC(Cc1ccccc1)c1ccccc1. The number of benzene rings is 3. The van der Waals surface area contributed by atoms with Crippen LogP contribution < -0.4 is 5.32 Å². The molecule has 1 unspecified atom stereocenters. The van der Waals surface area contributed by atoms with Crippen molar-refractivity contribution in [1.82, 2.24) is 9.62 Å². The van der Waals surface area contributed by atoms with Crippen molar-refractivity contribution in [3.63, 3.8) is 0 Å². The summed E-state index contributed by atoms with van der Waals surface area (Å²) in [4.78, 5) is 13.2. The Morgan fingerprint density at radius 1 is 0.788 bits per heavy atom. The summed E-state index contributed by atoms with van der Waals surface area (Å²) < 4.78 is 27.2. The highest BCUT2D eigenvalue weighted by Crippen LogP contribution is 2.22. The second-order valence-corrected chi connectivity index (χ2v) is 10.4. The molecule has 0 spiro atoms. The minimum absolute atomic E-state index is 0.0913. The fourth-order valence-corrected chi connectivity index (χ4v) is 5.77. The molecule has 1 amide bonds. The molecule has 1 N–H and O–H groups in total. The normalized spacial score (nSPS) is 15.6. The average molecular weight is 463 g/mol. The van der Waals surface area contributed by atoms with E-state index >= 15 is 0 Å². The number of carbonyl (C=O) groups excluding carboxylic acids is 1. The van der Waals surface area contributed by atoms with Crippen LogP contribution in [0.15, 0.2) is 89.8 Å². The van der Waals surface area contributed by atoms with Crippen molar-refractivity contribution in [3.05, 3.63) is 102 Å². The van der Waals surface area contributed by atoms with E-state index in [4.69, 9.17) is 0 Å². The van der Waals surface area contributed by atoms with Crippen LogP contribution in [-0.4, -0.2) is 31.7 Å². The number of rotatable bonds is 8. The average Bonchev–Trinajstić information content (AvgIpc) is 2.86.